The van der Waals surface area contributed by atoms with Gasteiger partial charge in [-0.3, -0.25) is 13.9 Å². The van der Waals surface area contributed by atoms with Crippen molar-refractivity contribution in [3.8, 4) is 17.1 Å². The maximum atomic E-state index is 12.9. The minimum Gasteiger partial charge on any atom is -0.492 e. The molecule has 0 fully saturated rings. The van der Waals surface area contributed by atoms with E-state index in [2.05, 4.69) is 9.97 Å². The van der Waals surface area contributed by atoms with E-state index in [1.54, 1.807) is 20.2 Å². The predicted octanol–water partition coefficient (Wildman–Crippen LogP) is 2.51. The Labute approximate surface area is 191 Å². The van der Waals surface area contributed by atoms with E-state index >= 15 is 0 Å². The van der Waals surface area contributed by atoms with Crippen molar-refractivity contribution in [1.82, 2.24) is 23.7 Å². The van der Waals surface area contributed by atoms with Crippen LogP contribution in [0.1, 0.15) is 13.8 Å². The number of fused-ring (bicyclic) bond motifs is 1. The van der Waals surface area contributed by atoms with Crippen molar-refractivity contribution in [2.24, 2.45) is 7.05 Å². The topological polar surface area (TPSA) is 87.2 Å². The van der Waals surface area contributed by atoms with Crippen molar-refractivity contribution in [1.29, 1.82) is 0 Å². The van der Waals surface area contributed by atoms with E-state index in [-0.39, 0.29) is 11.2 Å². The minimum atomic E-state index is -0.360. The van der Waals surface area contributed by atoms with Crippen LogP contribution in [0, 0.1) is 0 Å². The monoisotopic (exact) mass is 448 g/mol. The van der Waals surface area contributed by atoms with Gasteiger partial charge in [0.25, 0.3) is 5.56 Å². The van der Waals surface area contributed by atoms with Crippen LogP contribution in [0.2, 0.25) is 0 Å². The Balaban J connectivity index is 1.57. The molecular weight excluding hydrogens is 420 g/mol. The largest absolute Gasteiger partial charge is 0.492 e. The zero-order valence-electron chi connectivity index (χ0n) is 19.4. The van der Waals surface area contributed by atoms with E-state index in [1.807, 2.05) is 65.9 Å². The zero-order chi connectivity index (χ0) is 23.5. The highest BCUT2D eigenvalue weighted by atomic mass is 16.5. The summed E-state index contributed by atoms with van der Waals surface area (Å²) in [6.45, 7) is 5.82. The molecule has 4 rings (SSSR count). The van der Waals surface area contributed by atoms with E-state index in [1.165, 1.54) is 9.13 Å². The number of hydrogen-bond donors (Lipinski definition) is 0. The number of ether oxygens (including phenoxy) is 1. The zero-order valence-corrected chi connectivity index (χ0v) is 19.4. The Hall–Kier alpha value is -3.88. The van der Waals surface area contributed by atoms with Gasteiger partial charge in [0.2, 0.25) is 0 Å². The van der Waals surface area contributed by atoms with Crippen molar-refractivity contribution >= 4 is 17.0 Å². The molecule has 1 aromatic carbocycles. The second-order valence-corrected chi connectivity index (χ2v) is 7.73. The molecule has 172 valence electrons. The highest BCUT2D eigenvalue weighted by molar-refractivity contribution is 5.77. The Morgan fingerprint density at radius 2 is 1.73 bits per heavy atom. The predicted molar refractivity (Wildman–Crippen MR) is 129 cm³/mol. The lowest BCUT2D eigenvalue weighted by molar-refractivity contribution is 0.325. The van der Waals surface area contributed by atoms with Gasteiger partial charge in [0, 0.05) is 38.9 Å². The second-order valence-electron chi connectivity index (χ2n) is 7.73. The molecule has 0 aliphatic rings. The number of hydrogen-bond acceptors (Lipinski definition) is 6. The molecule has 0 atom stereocenters. The van der Waals surface area contributed by atoms with Crippen LogP contribution in [0.4, 0.5) is 5.82 Å². The van der Waals surface area contributed by atoms with E-state index in [0.29, 0.717) is 43.2 Å². The van der Waals surface area contributed by atoms with Crippen LogP contribution in [0.25, 0.3) is 22.6 Å². The molecule has 0 N–H and O–H groups in total. The van der Waals surface area contributed by atoms with Crippen molar-refractivity contribution in [3.05, 3.63) is 69.5 Å². The molecule has 0 unspecified atom stereocenters. The first-order chi connectivity index (χ1) is 16.0. The van der Waals surface area contributed by atoms with E-state index in [4.69, 9.17) is 4.74 Å². The molecule has 0 saturated carbocycles. The fourth-order valence-electron chi connectivity index (χ4n) is 3.87. The van der Waals surface area contributed by atoms with Gasteiger partial charge in [0.05, 0.1) is 6.54 Å². The van der Waals surface area contributed by atoms with Crippen LogP contribution >= 0.6 is 0 Å². The summed E-state index contributed by atoms with van der Waals surface area (Å²) >= 11 is 0. The van der Waals surface area contributed by atoms with E-state index < -0.39 is 0 Å². The average molecular weight is 449 g/mol. The fraction of sp³-hybridized carbons (Fsp3) is 0.333. The molecule has 0 amide bonds. The standard InChI is InChI=1S/C24H28N6O3/c1-5-29-20-22(28(4)24(32)30(6-2)23(20)31)26-21(29)17-10-12-18(13-11-17)33-16-15-27(3)19-9-7-8-14-25-19/h7-14H,5-6,15-16H2,1-4H3. The molecule has 4 aromatic rings. The molecule has 0 aliphatic carbocycles. The molecule has 0 radical (unpaired) electrons. The molecule has 9 heteroatoms. The van der Waals surface area contributed by atoms with Crippen LogP contribution in [0.15, 0.2) is 58.3 Å². The summed E-state index contributed by atoms with van der Waals surface area (Å²) in [6.07, 6.45) is 1.77. The summed E-state index contributed by atoms with van der Waals surface area (Å²) in [5.74, 6) is 2.29. The van der Waals surface area contributed by atoms with Crippen LogP contribution in [-0.4, -0.2) is 43.9 Å². The van der Waals surface area contributed by atoms with Gasteiger partial charge in [-0.15, -0.1) is 0 Å². The van der Waals surface area contributed by atoms with Gasteiger partial charge in [-0.2, -0.15) is 0 Å². The Morgan fingerprint density at radius 3 is 2.36 bits per heavy atom. The highest BCUT2D eigenvalue weighted by Gasteiger charge is 2.19. The summed E-state index contributed by atoms with van der Waals surface area (Å²) in [4.78, 5) is 36.5. The number of rotatable bonds is 8. The lowest BCUT2D eigenvalue weighted by Crippen LogP contribution is -2.39. The number of imidazole rings is 1. The molecule has 3 heterocycles. The maximum Gasteiger partial charge on any atom is 0.332 e. The van der Waals surface area contributed by atoms with E-state index in [0.717, 1.165) is 17.1 Å². The van der Waals surface area contributed by atoms with Gasteiger partial charge in [0.1, 0.15) is 24.0 Å². The average Bonchev–Trinajstić information content (AvgIpc) is 3.24. The first kappa shape index (κ1) is 22.3. The lowest BCUT2D eigenvalue weighted by atomic mass is 10.2. The Morgan fingerprint density at radius 1 is 1.00 bits per heavy atom. The van der Waals surface area contributed by atoms with Crippen molar-refractivity contribution < 1.29 is 4.74 Å². The normalized spacial score (nSPS) is 11.2. The Kier molecular flexibility index (Phi) is 6.30. The SMILES string of the molecule is CCn1c(=O)c2c(nc(-c3ccc(OCCN(C)c4ccccn4)cc3)n2CC)n(C)c1=O. The number of aromatic nitrogens is 5. The molecule has 33 heavy (non-hydrogen) atoms. The number of aryl methyl sites for hydroxylation is 2. The first-order valence-corrected chi connectivity index (χ1v) is 11.0. The molecular formula is C24H28N6O3. The van der Waals surface area contributed by atoms with Crippen molar-refractivity contribution in [2.45, 2.75) is 26.9 Å². The van der Waals surface area contributed by atoms with Gasteiger partial charge >= 0.3 is 5.69 Å². The molecule has 0 bridgehead atoms. The van der Waals surface area contributed by atoms with E-state index in [9.17, 15) is 9.59 Å². The van der Waals surface area contributed by atoms with Gasteiger partial charge in [-0.1, -0.05) is 6.07 Å². The van der Waals surface area contributed by atoms with Crippen molar-refractivity contribution in [2.75, 3.05) is 25.1 Å². The lowest BCUT2D eigenvalue weighted by Gasteiger charge is -2.18. The molecule has 0 aliphatic heterocycles. The Bertz CT molecular complexity index is 1370. The summed E-state index contributed by atoms with van der Waals surface area (Å²) in [7, 11) is 3.62. The summed E-state index contributed by atoms with van der Waals surface area (Å²) in [5, 5.41) is 0. The maximum absolute atomic E-state index is 12.9. The number of nitrogens with zero attached hydrogens (tertiary/aromatic N) is 6. The van der Waals surface area contributed by atoms with Gasteiger partial charge in [-0.05, 0) is 50.2 Å². The van der Waals surface area contributed by atoms with Crippen molar-refractivity contribution in [3.63, 3.8) is 0 Å². The van der Waals surface area contributed by atoms with Crippen LogP contribution in [0.5, 0.6) is 5.75 Å². The third kappa shape index (κ3) is 4.13. The summed E-state index contributed by atoms with van der Waals surface area (Å²) in [5.41, 5.74) is 1.01. The third-order valence-electron chi connectivity index (χ3n) is 5.71. The highest BCUT2D eigenvalue weighted by Crippen LogP contribution is 2.25. The first-order valence-electron chi connectivity index (χ1n) is 11.0. The molecule has 3 aromatic heterocycles. The number of benzene rings is 1. The van der Waals surface area contributed by atoms with Crippen LogP contribution < -0.4 is 20.9 Å². The van der Waals surface area contributed by atoms with Crippen LogP contribution in [0.3, 0.4) is 0 Å². The second kappa shape index (κ2) is 9.32. The molecule has 0 spiro atoms. The molecule has 9 nitrogen and oxygen atoms in total. The van der Waals surface area contributed by atoms with Crippen LogP contribution in [-0.2, 0) is 20.1 Å². The molecule has 0 saturated heterocycles. The van der Waals surface area contributed by atoms with Gasteiger partial charge < -0.3 is 14.2 Å². The number of anilines is 1. The third-order valence-corrected chi connectivity index (χ3v) is 5.71. The smallest absolute Gasteiger partial charge is 0.332 e. The summed E-state index contributed by atoms with van der Waals surface area (Å²) in [6, 6.07) is 13.4. The minimum absolute atomic E-state index is 0.312. The number of pyridine rings is 1. The number of likely N-dealkylation sites (N-methyl/N-ethyl adjacent to an activating group) is 1. The fourth-order valence-corrected chi connectivity index (χ4v) is 3.87. The van der Waals surface area contributed by atoms with Gasteiger partial charge in [-0.25, -0.2) is 14.8 Å². The van der Waals surface area contributed by atoms with Gasteiger partial charge in [0.15, 0.2) is 11.2 Å². The quantitative estimate of drug-likeness (QED) is 0.412. The summed E-state index contributed by atoms with van der Waals surface area (Å²) < 4.78 is 10.4.